The number of nitrogens with one attached hydrogen (secondary N) is 1. The van der Waals surface area contributed by atoms with Crippen LogP contribution in [0.4, 0.5) is 0 Å². The van der Waals surface area contributed by atoms with Gasteiger partial charge in [-0.25, -0.2) is 0 Å². The van der Waals surface area contributed by atoms with Gasteiger partial charge >= 0.3 is 5.97 Å². The van der Waals surface area contributed by atoms with Gasteiger partial charge in [-0.3, -0.25) is 9.69 Å². The topological polar surface area (TPSA) is 61.8 Å². The van der Waals surface area contributed by atoms with Crippen molar-refractivity contribution in [2.75, 3.05) is 33.4 Å². The minimum Gasteiger partial charge on any atom is -0.481 e. The Hall–Kier alpha value is -0.650. The second-order valence-corrected chi connectivity index (χ2v) is 5.15. The van der Waals surface area contributed by atoms with Gasteiger partial charge in [-0.2, -0.15) is 0 Å². The van der Waals surface area contributed by atoms with Crippen molar-refractivity contribution in [2.45, 2.75) is 38.8 Å². The summed E-state index contributed by atoms with van der Waals surface area (Å²) >= 11 is 0. The summed E-state index contributed by atoms with van der Waals surface area (Å²) in [6, 6.07) is 0.519. The molecule has 2 N–H and O–H groups in total. The quantitative estimate of drug-likeness (QED) is 0.674. The summed E-state index contributed by atoms with van der Waals surface area (Å²) in [5.41, 5.74) is 0. The second kappa shape index (κ2) is 7.71. The molecule has 0 aromatic rings. The molecule has 5 nitrogen and oxygen atoms in total. The molecule has 1 aliphatic rings. The minimum absolute atomic E-state index is 0.0278. The Balaban J connectivity index is 2.54. The van der Waals surface area contributed by atoms with Crippen LogP contribution in [0.15, 0.2) is 0 Å². The molecule has 3 unspecified atom stereocenters. The van der Waals surface area contributed by atoms with Crippen LogP contribution in [0.2, 0.25) is 0 Å². The third kappa shape index (κ3) is 4.55. The number of hydrogen-bond donors (Lipinski definition) is 2. The highest BCUT2D eigenvalue weighted by Crippen LogP contribution is 2.14. The van der Waals surface area contributed by atoms with E-state index in [9.17, 15) is 4.79 Å². The van der Waals surface area contributed by atoms with Crippen LogP contribution in [0.5, 0.6) is 0 Å². The standard InChI is InChI=1S/C13H26N2O3/c1-10(13(16)17)11(2)15(7-8-18-3)9-12-5-4-6-14-12/h10-12,14H,4-9H2,1-3H3,(H,16,17). The van der Waals surface area contributed by atoms with Crippen LogP contribution >= 0.6 is 0 Å². The van der Waals surface area contributed by atoms with Gasteiger partial charge in [0.1, 0.15) is 0 Å². The molecule has 0 aromatic heterocycles. The molecule has 18 heavy (non-hydrogen) atoms. The number of carbonyl (C=O) groups is 1. The molecule has 0 aliphatic carbocycles. The molecule has 0 aromatic carbocycles. The highest BCUT2D eigenvalue weighted by atomic mass is 16.5. The van der Waals surface area contributed by atoms with E-state index in [-0.39, 0.29) is 12.0 Å². The van der Waals surface area contributed by atoms with Gasteiger partial charge < -0.3 is 15.2 Å². The largest absolute Gasteiger partial charge is 0.481 e. The number of carboxylic acids is 1. The predicted molar refractivity (Wildman–Crippen MR) is 70.7 cm³/mol. The Kier molecular flexibility index (Phi) is 6.60. The van der Waals surface area contributed by atoms with Crippen LogP contribution in [0.3, 0.4) is 0 Å². The van der Waals surface area contributed by atoms with Gasteiger partial charge in [0, 0.05) is 32.3 Å². The molecule has 1 heterocycles. The Labute approximate surface area is 109 Å². The number of rotatable bonds is 8. The van der Waals surface area contributed by atoms with Crippen LogP contribution in [0.1, 0.15) is 26.7 Å². The minimum atomic E-state index is -0.732. The first-order valence-electron chi connectivity index (χ1n) is 6.75. The second-order valence-electron chi connectivity index (χ2n) is 5.15. The normalized spacial score (nSPS) is 23.2. The van der Waals surface area contributed by atoms with Gasteiger partial charge in [-0.15, -0.1) is 0 Å². The summed E-state index contributed by atoms with van der Waals surface area (Å²) in [7, 11) is 1.68. The molecule has 3 atom stereocenters. The zero-order chi connectivity index (χ0) is 13.5. The van der Waals surface area contributed by atoms with Crippen molar-refractivity contribution in [1.29, 1.82) is 0 Å². The number of ether oxygens (including phenoxy) is 1. The lowest BCUT2D eigenvalue weighted by Gasteiger charge is -2.33. The Bertz CT molecular complexity index is 255. The van der Waals surface area contributed by atoms with E-state index in [0.717, 1.165) is 19.6 Å². The number of nitrogens with zero attached hydrogens (tertiary/aromatic N) is 1. The molecule has 1 fully saturated rings. The van der Waals surface area contributed by atoms with E-state index in [0.29, 0.717) is 12.6 Å². The molecule has 0 bridgehead atoms. The van der Waals surface area contributed by atoms with Crippen molar-refractivity contribution >= 4 is 5.97 Å². The first-order chi connectivity index (χ1) is 8.56. The number of aliphatic carboxylic acids is 1. The fraction of sp³-hybridized carbons (Fsp3) is 0.923. The van der Waals surface area contributed by atoms with Crippen LogP contribution in [0.25, 0.3) is 0 Å². The van der Waals surface area contributed by atoms with Gasteiger partial charge in [0.25, 0.3) is 0 Å². The molecule has 0 spiro atoms. The average Bonchev–Trinajstić information content (AvgIpc) is 2.85. The summed E-state index contributed by atoms with van der Waals surface area (Å²) < 4.78 is 5.12. The summed E-state index contributed by atoms with van der Waals surface area (Å²) in [5, 5.41) is 12.6. The SMILES string of the molecule is COCCN(CC1CCCN1)C(C)C(C)C(=O)O. The van der Waals surface area contributed by atoms with Crippen LogP contribution in [-0.2, 0) is 9.53 Å². The van der Waals surface area contributed by atoms with Crippen molar-refractivity contribution in [3.05, 3.63) is 0 Å². The summed E-state index contributed by atoms with van der Waals surface area (Å²) in [6.45, 7) is 7.17. The monoisotopic (exact) mass is 258 g/mol. The molecule has 0 amide bonds. The van der Waals surface area contributed by atoms with E-state index in [1.165, 1.54) is 12.8 Å². The highest BCUT2D eigenvalue weighted by molar-refractivity contribution is 5.70. The van der Waals surface area contributed by atoms with Crippen molar-refractivity contribution in [2.24, 2.45) is 5.92 Å². The first-order valence-corrected chi connectivity index (χ1v) is 6.75. The lowest BCUT2D eigenvalue weighted by atomic mass is 10.0. The van der Waals surface area contributed by atoms with Crippen molar-refractivity contribution in [3.63, 3.8) is 0 Å². The number of carboxylic acid groups (broad SMARTS) is 1. The summed E-state index contributed by atoms with van der Waals surface area (Å²) in [6.07, 6.45) is 2.39. The molecule has 0 saturated carbocycles. The van der Waals surface area contributed by atoms with Gasteiger partial charge in [-0.05, 0) is 26.3 Å². The van der Waals surface area contributed by atoms with E-state index in [1.54, 1.807) is 14.0 Å². The van der Waals surface area contributed by atoms with Crippen molar-refractivity contribution in [1.82, 2.24) is 10.2 Å². The predicted octanol–water partition coefficient (Wildman–Crippen LogP) is 0.796. The molecule has 5 heteroatoms. The van der Waals surface area contributed by atoms with Crippen LogP contribution < -0.4 is 5.32 Å². The fourth-order valence-corrected chi connectivity index (χ4v) is 2.39. The van der Waals surface area contributed by atoms with E-state index >= 15 is 0 Å². The zero-order valence-electron chi connectivity index (χ0n) is 11.7. The maximum Gasteiger partial charge on any atom is 0.307 e. The Morgan fingerprint density at radius 2 is 2.28 bits per heavy atom. The molecule has 1 aliphatic heterocycles. The lowest BCUT2D eigenvalue weighted by Crippen LogP contribution is -2.47. The van der Waals surface area contributed by atoms with E-state index in [1.807, 2.05) is 6.92 Å². The Morgan fingerprint density at radius 3 is 2.78 bits per heavy atom. The number of hydrogen-bond acceptors (Lipinski definition) is 4. The molecular formula is C13H26N2O3. The van der Waals surface area contributed by atoms with E-state index < -0.39 is 5.97 Å². The lowest BCUT2D eigenvalue weighted by molar-refractivity contribution is -0.143. The zero-order valence-corrected chi connectivity index (χ0v) is 11.7. The van der Waals surface area contributed by atoms with Crippen LogP contribution in [-0.4, -0.2) is 61.4 Å². The summed E-state index contributed by atoms with van der Waals surface area (Å²) in [5.74, 6) is -1.09. The van der Waals surface area contributed by atoms with Gasteiger partial charge in [0.05, 0.1) is 12.5 Å². The maximum atomic E-state index is 11.1. The maximum absolute atomic E-state index is 11.1. The van der Waals surface area contributed by atoms with Crippen LogP contribution in [0, 0.1) is 5.92 Å². The van der Waals surface area contributed by atoms with Gasteiger partial charge in [-0.1, -0.05) is 6.92 Å². The third-order valence-electron chi connectivity index (χ3n) is 3.89. The van der Waals surface area contributed by atoms with Gasteiger partial charge in [0.15, 0.2) is 0 Å². The average molecular weight is 258 g/mol. The molecule has 1 saturated heterocycles. The molecular weight excluding hydrogens is 232 g/mol. The summed E-state index contributed by atoms with van der Waals surface area (Å²) in [4.78, 5) is 13.3. The number of methoxy groups -OCH3 is 1. The Morgan fingerprint density at radius 1 is 1.56 bits per heavy atom. The molecule has 0 radical (unpaired) electrons. The molecule has 1 rings (SSSR count). The van der Waals surface area contributed by atoms with E-state index in [4.69, 9.17) is 9.84 Å². The highest BCUT2D eigenvalue weighted by Gasteiger charge is 2.27. The van der Waals surface area contributed by atoms with Crippen molar-refractivity contribution in [3.8, 4) is 0 Å². The fourth-order valence-electron chi connectivity index (χ4n) is 2.39. The van der Waals surface area contributed by atoms with Crippen molar-refractivity contribution < 1.29 is 14.6 Å². The van der Waals surface area contributed by atoms with E-state index in [2.05, 4.69) is 10.2 Å². The smallest absolute Gasteiger partial charge is 0.307 e. The van der Waals surface area contributed by atoms with Gasteiger partial charge in [0.2, 0.25) is 0 Å². The first kappa shape index (κ1) is 15.4. The molecule has 106 valence electrons. The third-order valence-corrected chi connectivity index (χ3v) is 3.89.